The van der Waals surface area contributed by atoms with Crippen molar-refractivity contribution in [1.29, 1.82) is 0 Å². The maximum atomic E-state index is 12.6. The largest absolute Gasteiger partial charge is 0.508 e. The number of aromatic hydroxyl groups is 1. The van der Waals surface area contributed by atoms with E-state index in [1.165, 1.54) is 4.90 Å². The topological polar surface area (TPSA) is 71.8 Å². The summed E-state index contributed by atoms with van der Waals surface area (Å²) in [5.74, 6) is -0.0425. The number of hydrogen-bond donors (Lipinski definition) is 1. The Bertz CT molecular complexity index is 899. The summed E-state index contributed by atoms with van der Waals surface area (Å²) in [4.78, 5) is 26.4. The number of phenolic OH excluding ortho intramolecular Hbond substituents is 1. The molecule has 0 spiro atoms. The van der Waals surface area contributed by atoms with E-state index in [9.17, 15) is 14.7 Å². The van der Waals surface area contributed by atoms with Crippen LogP contribution in [-0.4, -0.2) is 46.0 Å². The Morgan fingerprint density at radius 3 is 2.56 bits per heavy atom. The molecule has 0 radical (unpaired) electrons. The van der Waals surface area contributed by atoms with Gasteiger partial charge in [-0.2, -0.15) is 0 Å². The maximum Gasteiger partial charge on any atom is 0.293 e. The fraction of sp³-hybridized carbons (Fsp3) is 0.300. The number of hydrogen-bond acceptors (Lipinski definition) is 5. The second kappa shape index (κ2) is 8.02. The molecule has 1 fully saturated rings. The van der Waals surface area contributed by atoms with Gasteiger partial charge in [-0.3, -0.25) is 14.5 Å². The van der Waals surface area contributed by atoms with Crippen molar-refractivity contribution in [2.24, 2.45) is 0 Å². The van der Waals surface area contributed by atoms with Crippen molar-refractivity contribution in [3.05, 3.63) is 52.2 Å². The third-order valence-corrected chi connectivity index (χ3v) is 5.38. The van der Waals surface area contributed by atoms with Gasteiger partial charge in [-0.25, -0.2) is 0 Å². The summed E-state index contributed by atoms with van der Waals surface area (Å²) in [6.45, 7) is 4.82. The van der Waals surface area contributed by atoms with Crippen LogP contribution < -0.4 is 0 Å². The average Bonchev–Trinajstić information content (AvgIpc) is 3.06. The molecule has 0 atom stereocenters. The van der Waals surface area contributed by atoms with E-state index in [0.717, 1.165) is 34.4 Å². The van der Waals surface area contributed by atoms with Crippen LogP contribution in [0.5, 0.6) is 5.75 Å². The van der Waals surface area contributed by atoms with Crippen molar-refractivity contribution in [2.75, 3.05) is 20.3 Å². The molecule has 1 aromatic heterocycles. The van der Waals surface area contributed by atoms with Crippen LogP contribution in [0.25, 0.3) is 11.8 Å². The minimum atomic E-state index is -0.254. The van der Waals surface area contributed by atoms with E-state index in [-0.39, 0.29) is 16.9 Å². The van der Waals surface area contributed by atoms with Crippen molar-refractivity contribution in [3.63, 3.8) is 0 Å². The highest BCUT2D eigenvalue weighted by Gasteiger charge is 2.34. The molecule has 2 heterocycles. The monoisotopic (exact) mass is 386 g/mol. The number of ether oxygens (including phenoxy) is 1. The molecule has 0 saturated carbocycles. The van der Waals surface area contributed by atoms with Gasteiger partial charge in [0.15, 0.2) is 0 Å². The summed E-state index contributed by atoms with van der Waals surface area (Å²) in [6.07, 6.45) is 2.40. The maximum absolute atomic E-state index is 12.6. The smallest absolute Gasteiger partial charge is 0.293 e. The second-order valence-corrected chi connectivity index (χ2v) is 7.35. The molecule has 0 unspecified atom stereocenters. The summed E-state index contributed by atoms with van der Waals surface area (Å²) in [5, 5.41) is 9.25. The third-order valence-electron chi connectivity index (χ3n) is 4.47. The van der Waals surface area contributed by atoms with Gasteiger partial charge >= 0.3 is 0 Å². The van der Waals surface area contributed by atoms with Crippen molar-refractivity contribution >= 4 is 29.0 Å². The molecule has 1 aromatic carbocycles. The van der Waals surface area contributed by atoms with E-state index in [2.05, 4.69) is 0 Å². The number of rotatable bonds is 6. The number of carbonyl (C=O) groups excluding carboxylic acids is 2. The molecule has 1 saturated heterocycles. The highest BCUT2D eigenvalue weighted by Crippen LogP contribution is 2.34. The lowest BCUT2D eigenvalue weighted by Crippen LogP contribution is -2.29. The SMILES string of the molecule is COCCCN1C(=O)S/C(=C/c2cc(C)n(-c3ccc(O)cc3)c2C)C1=O. The van der Waals surface area contributed by atoms with E-state index in [1.807, 2.05) is 36.6 Å². The summed E-state index contributed by atoms with van der Waals surface area (Å²) < 4.78 is 7.04. The van der Waals surface area contributed by atoms with Crippen LogP contribution in [0.3, 0.4) is 0 Å². The highest BCUT2D eigenvalue weighted by atomic mass is 32.2. The first-order chi connectivity index (χ1) is 12.9. The Morgan fingerprint density at radius 1 is 1.19 bits per heavy atom. The van der Waals surface area contributed by atoms with E-state index in [1.54, 1.807) is 25.3 Å². The van der Waals surface area contributed by atoms with Crippen LogP contribution in [0.4, 0.5) is 4.79 Å². The summed E-state index contributed by atoms with van der Waals surface area (Å²) in [6, 6.07) is 8.94. The number of benzene rings is 1. The molecule has 142 valence electrons. The Kier molecular flexibility index (Phi) is 5.72. The van der Waals surface area contributed by atoms with Crippen LogP contribution in [0, 0.1) is 13.8 Å². The number of aromatic nitrogens is 1. The number of methoxy groups -OCH3 is 1. The average molecular weight is 386 g/mol. The van der Waals surface area contributed by atoms with Gasteiger partial charge < -0.3 is 14.4 Å². The van der Waals surface area contributed by atoms with Gasteiger partial charge in [0.25, 0.3) is 11.1 Å². The number of phenols is 1. The molecule has 6 nitrogen and oxygen atoms in total. The lowest BCUT2D eigenvalue weighted by atomic mass is 10.2. The van der Waals surface area contributed by atoms with Gasteiger partial charge in [0.1, 0.15) is 5.75 Å². The third kappa shape index (κ3) is 3.94. The minimum absolute atomic E-state index is 0.212. The van der Waals surface area contributed by atoms with Crippen molar-refractivity contribution in [3.8, 4) is 11.4 Å². The van der Waals surface area contributed by atoms with Gasteiger partial charge in [-0.05, 0) is 74.0 Å². The summed E-state index contributed by atoms with van der Waals surface area (Å²) in [5.41, 5.74) is 3.78. The lowest BCUT2D eigenvalue weighted by molar-refractivity contribution is -0.122. The normalized spacial score (nSPS) is 16.0. The number of amides is 2. The Morgan fingerprint density at radius 2 is 1.89 bits per heavy atom. The van der Waals surface area contributed by atoms with Crippen molar-refractivity contribution in [2.45, 2.75) is 20.3 Å². The molecule has 0 aliphatic carbocycles. The first-order valence-electron chi connectivity index (χ1n) is 8.65. The fourth-order valence-corrected chi connectivity index (χ4v) is 3.99. The molecule has 2 aromatic rings. The molecule has 1 N–H and O–H groups in total. The van der Waals surface area contributed by atoms with Crippen molar-refractivity contribution < 1.29 is 19.4 Å². The Hall–Kier alpha value is -2.51. The van der Waals surface area contributed by atoms with Gasteiger partial charge in [0, 0.05) is 37.3 Å². The molecule has 2 amide bonds. The summed E-state index contributed by atoms with van der Waals surface area (Å²) in [7, 11) is 1.59. The van der Waals surface area contributed by atoms with Crippen molar-refractivity contribution in [1.82, 2.24) is 9.47 Å². The van der Waals surface area contributed by atoms with E-state index in [0.29, 0.717) is 24.5 Å². The second-order valence-electron chi connectivity index (χ2n) is 6.36. The standard InChI is InChI=1S/C20H22N2O4S/c1-13-11-15(14(2)22(13)16-5-7-17(23)8-6-16)12-18-19(24)21(20(25)27-18)9-4-10-26-3/h5-8,11-12,23H,4,9-10H2,1-3H3/b18-12+. The lowest BCUT2D eigenvalue weighted by Gasteiger charge is -2.11. The highest BCUT2D eigenvalue weighted by molar-refractivity contribution is 8.18. The zero-order valence-electron chi connectivity index (χ0n) is 15.6. The molecule has 7 heteroatoms. The molecule has 0 bridgehead atoms. The van der Waals surface area contributed by atoms with E-state index < -0.39 is 0 Å². The molecule has 3 rings (SSSR count). The zero-order chi connectivity index (χ0) is 19.6. The minimum Gasteiger partial charge on any atom is -0.508 e. The first-order valence-corrected chi connectivity index (χ1v) is 9.46. The number of nitrogens with zero attached hydrogens (tertiary/aromatic N) is 2. The Balaban J connectivity index is 1.87. The number of thioether (sulfide) groups is 1. The molecule has 1 aliphatic heterocycles. The first kappa shape index (κ1) is 19.3. The van der Waals surface area contributed by atoms with Gasteiger partial charge in [0.2, 0.25) is 0 Å². The van der Waals surface area contributed by atoms with Crippen LogP contribution >= 0.6 is 11.8 Å². The number of carbonyl (C=O) groups is 2. The van der Waals surface area contributed by atoms with E-state index in [4.69, 9.17) is 4.74 Å². The molecular formula is C20H22N2O4S. The van der Waals surface area contributed by atoms with Gasteiger partial charge in [0.05, 0.1) is 4.91 Å². The van der Waals surface area contributed by atoms with Gasteiger partial charge in [-0.1, -0.05) is 0 Å². The molecule has 1 aliphatic rings. The van der Waals surface area contributed by atoms with Gasteiger partial charge in [-0.15, -0.1) is 0 Å². The summed E-state index contributed by atoms with van der Waals surface area (Å²) >= 11 is 0.972. The zero-order valence-corrected chi connectivity index (χ0v) is 16.4. The van der Waals surface area contributed by atoms with Crippen LogP contribution in [0.1, 0.15) is 23.4 Å². The predicted molar refractivity (Wildman–Crippen MR) is 106 cm³/mol. The van der Waals surface area contributed by atoms with Crippen LogP contribution in [0.2, 0.25) is 0 Å². The quantitative estimate of drug-likeness (QED) is 0.603. The number of imide groups is 1. The predicted octanol–water partition coefficient (Wildman–Crippen LogP) is 3.87. The number of aryl methyl sites for hydroxylation is 1. The van der Waals surface area contributed by atoms with Crippen LogP contribution in [-0.2, 0) is 9.53 Å². The van der Waals surface area contributed by atoms with Crippen LogP contribution in [0.15, 0.2) is 35.2 Å². The Labute approximate surface area is 162 Å². The fourth-order valence-electron chi connectivity index (χ4n) is 3.13. The molecule has 27 heavy (non-hydrogen) atoms. The van der Waals surface area contributed by atoms with E-state index >= 15 is 0 Å². The molecular weight excluding hydrogens is 364 g/mol.